The fourth-order valence-corrected chi connectivity index (χ4v) is 5.98. The number of carbonyl (C=O) groups is 1. The van der Waals surface area contributed by atoms with Gasteiger partial charge >= 0.3 is 0 Å². The van der Waals surface area contributed by atoms with Crippen LogP contribution in [-0.4, -0.2) is 32.9 Å². The molecule has 4 aliphatic rings. The van der Waals surface area contributed by atoms with Gasteiger partial charge in [0.05, 0.1) is 5.69 Å². The maximum absolute atomic E-state index is 12.9. The van der Waals surface area contributed by atoms with Crippen LogP contribution >= 0.6 is 0 Å². The van der Waals surface area contributed by atoms with Gasteiger partial charge in [0.1, 0.15) is 6.04 Å². The van der Waals surface area contributed by atoms with E-state index in [0.29, 0.717) is 0 Å². The fraction of sp³-hybridized carbons (Fsp3) is 0.462. The first-order chi connectivity index (χ1) is 15.0. The highest BCUT2D eigenvalue weighted by Crippen LogP contribution is 2.60. The number of rotatable bonds is 6. The van der Waals surface area contributed by atoms with E-state index in [0.717, 1.165) is 61.9 Å². The Morgan fingerprint density at radius 1 is 1.29 bits per heavy atom. The monoisotopic (exact) mass is 414 g/mol. The summed E-state index contributed by atoms with van der Waals surface area (Å²) in [5.41, 5.74) is 10.7. The molecule has 1 amide bonds. The average molecular weight is 415 g/mol. The van der Waals surface area contributed by atoms with Gasteiger partial charge in [-0.3, -0.25) is 9.78 Å². The molecule has 3 saturated carbocycles. The molecule has 31 heavy (non-hydrogen) atoms. The molecular formula is C26H30N4O. The molecule has 0 saturated heterocycles. The molecule has 1 aliphatic heterocycles. The van der Waals surface area contributed by atoms with Gasteiger partial charge in [-0.1, -0.05) is 38.0 Å². The zero-order valence-corrected chi connectivity index (χ0v) is 18.1. The van der Waals surface area contributed by atoms with Crippen LogP contribution in [0.15, 0.2) is 42.6 Å². The molecule has 1 aromatic heterocycles. The first-order valence-electron chi connectivity index (χ1n) is 11.4. The molecule has 3 N–H and O–H groups in total. The summed E-state index contributed by atoms with van der Waals surface area (Å²) in [5.74, 6) is 2.12. The zero-order valence-electron chi connectivity index (χ0n) is 18.1. The molecule has 0 unspecified atom stereocenters. The molecule has 3 aliphatic carbocycles. The third kappa shape index (κ3) is 3.40. The molecular weight excluding hydrogens is 384 g/mol. The summed E-state index contributed by atoms with van der Waals surface area (Å²) >= 11 is 0. The van der Waals surface area contributed by atoms with Gasteiger partial charge in [0.25, 0.3) is 5.91 Å². The van der Waals surface area contributed by atoms with E-state index < -0.39 is 0 Å². The van der Waals surface area contributed by atoms with Crippen molar-refractivity contribution in [2.24, 2.45) is 5.73 Å². The smallest absolute Gasteiger partial charge is 0.299 e. The number of hydrogen-bond acceptors (Lipinski definition) is 4. The maximum Gasteiger partial charge on any atom is 0.299 e. The topological polar surface area (TPSA) is 71.2 Å². The Hall–Kier alpha value is -2.84. The molecule has 1 aromatic carbocycles. The number of nitrogens with zero attached hydrogens (tertiary/aromatic N) is 2. The molecule has 2 heterocycles. The number of carbonyl (C=O) groups excluding carboxylic acids is 1. The van der Waals surface area contributed by atoms with Crippen molar-refractivity contribution < 1.29 is 4.79 Å². The molecule has 2 atom stereocenters. The second-order valence-electron chi connectivity index (χ2n) is 9.73. The Morgan fingerprint density at radius 2 is 2.03 bits per heavy atom. The van der Waals surface area contributed by atoms with Gasteiger partial charge in [0, 0.05) is 29.0 Å². The highest BCUT2D eigenvalue weighted by Gasteiger charge is 2.66. The Labute approximate surface area is 184 Å². The summed E-state index contributed by atoms with van der Waals surface area (Å²) < 4.78 is 0. The second kappa shape index (κ2) is 7.39. The minimum Gasteiger partial charge on any atom is -0.379 e. The number of anilines is 1. The molecule has 5 nitrogen and oxygen atoms in total. The lowest BCUT2D eigenvalue weighted by atomic mass is 9.44. The van der Waals surface area contributed by atoms with Gasteiger partial charge in [-0.15, -0.1) is 6.42 Å². The molecule has 0 radical (unpaired) electrons. The number of nitrogens with two attached hydrogens (primary N) is 1. The number of amides is 1. The van der Waals surface area contributed by atoms with Crippen molar-refractivity contribution in [3.05, 3.63) is 59.4 Å². The second-order valence-corrected chi connectivity index (χ2v) is 9.73. The van der Waals surface area contributed by atoms with Gasteiger partial charge in [0.2, 0.25) is 0 Å². The van der Waals surface area contributed by atoms with Crippen molar-refractivity contribution in [3.8, 4) is 12.3 Å². The van der Waals surface area contributed by atoms with Crippen LogP contribution in [0.4, 0.5) is 5.69 Å². The predicted molar refractivity (Wildman–Crippen MR) is 122 cm³/mol. The standard InChI is InChI=1S/C26H30N4O/c1-3-5-8-21-14-19-7-6-13-28-23(19)24(30(21)22(31)4-2)18-9-11-20(12-10-18)29-26-15-25(27,16-26)17-26/h2,6-7,9-13,21,24,29H,3,5,8,14-17,27H2,1H3/t21-,24-,25?,26?/m0/s1. The number of aromatic nitrogens is 1. The van der Waals surface area contributed by atoms with E-state index in [2.05, 4.69) is 53.5 Å². The minimum absolute atomic E-state index is 0.0774. The highest BCUT2D eigenvalue weighted by molar-refractivity contribution is 5.94. The molecule has 5 heteroatoms. The quantitative estimate of drug-likeness (QED) is 0.706. The van der Waals surface area contributed by atoms with E-state index in [1.165, 1.54) is 5.56 Å². The number of unbranched alkanes of at least 4 members (excludes halogenated alkanes) is 1. The number of pyridine rings is 1. The summed E-state index contributed by atoms with van der Waals surface area (Å²) in [6.45, 7) is 2.17. The first-order valence-corrected chi connectivity index (χ1v) is 11.4. The van der Waals surface area contributed by atoms with Crippen LogP contribution in [0.3, 0.4) is 0 Å². The Morgan fingerprint density at radius 3 is 2.68 bits per heavy atom. The van der Waals surface area contributed by atoms with E-state index in [9.17, 15) is 4.79 Å². The number of benzene rings is 1. The van der Waals surface area contributed by atoms with E-state index >= 15 is 0 Å². The summed E-state index contributed by atoms with van der Waals surface area (Å²) in [6, 6.07) is 12.4. The van der Waals surface area contributed by atoms with Crippen LogP contribution < -0.4 is 11.1 Å². The molecule has 0 spiro atoms. The van der Waals surface area contributed by atoms with Gasteiger partial charge in [-0.2, -0.15) is 0 Å². The van der Waals surface area contributed by atoms with Crippen LogP contribution in [0.1, 0.15) is 68.3 Å². The van der Waals surface area contributed by atoms with E-state index in [1.54, 1.807) is 6.20 Å². The minimum atomic E-state index is -0.258. The van der Waals surface area contributed by atoms with Crippen LogP contribution in [0.2, 0.25) is 0 Å². The van der Waals surface area contributed by atoms with Gasteiger partial charge < -0.3 is 16.0 Å². The number of terminal acetylenes is 1. The highest BCUT2D eigenvalue weighted by atomic mass is 16.2. The molecule has 2 aromatic rings. The maximum atomic E-state index is 12.9. The number of nitrogens with one attached hydrogen (secondary N) is 1. The Balaban J connectivity index is 1.47. The molecule has 160 valence electrons. The van der Waals surface area contributed by atoms with Crippen molar-refractivity contribution >= 4 is 11.6 Å². The van der Waals surface area contributed by atoms with E-state index in [-0.39, 0.29) is 29.1 Å². The third-order valence-electron chi connectivity index (χ3n) is 7.27. The van der Waals surface area contributed by atoms with E-state index in [1.807, 2.05) is 11.0 Å². The summed E-state index contributed by atoms with van der Waals surface area (Å²) in [4.78, 5) is 19.5. The molecule has 6 rings (SSSR count). The van der Waals surface area contributed by atoms with Crippen LogP contribution in [0, 0.1) is 12.3 Å². The normalized spacial score (nSPS) is 30.4. The third-order valence-corrected chi connectivity index (χ3v) is 7.27. The van der Waals surface area contributed by atoms with Crippen molar-refractivity contribution in [1.82, 2.24) is 9.88 Å². The van der Waals surface area contributed by atoms with Gasteiger partial charge in [0.15, 0.2) is 0 Å². The molecule has 3 fully saturated rings. The van der Waals surface area contributed by atoms with Crippen molar-refractivity contribution in [3.63, 3.8) is 0 Å². The lowest BCUT2D eigenvalue weighted by Gasteiger charge is -2.69. The first kappa shape index (κ1) is 20.1. The summed E-state index contributed by atoms with van der Waals surface area (Å²) in [5, 5.41) is 3.67. The summed E-state index contributed by atoms with van der Waals surface area (Å²) in [7, 11) is 0. The number of fused-ring (bicyclic) bond motifs is 1. The van der Waals surface area contributed by atoms with Gasteiger partial charge in [-0.05, 0) is 67.4 Å². The van der Waals surface area contributed by atoms with Crippen molar-refractivity contribution in [2.75, 3.05) is 5.32 Å². The number of hydrogen-bond donors (Lipinski definition) is 2. The largest absolute Gasteiger partial charge is 0.379 e. The van der Waals surface area contributed by atoms with Crippen LogP contribution in [-0.2, 0) is 11.2 Å². The van der Waals surface area contributed by atoms with Gasteiger partial charge in [-0.25, -0.2) is 0 Å². The Kier molecular flexibility index (Phi) is 4.79. The Bertz CT molecular complexity index is 1020. The zero-order chi connectivity index (χ0) is 21.6. The van der Waals surface area contributed by atoms with Crippen molar-refractivity contribution in [1.29, 1.82) is 0 Å². The fourth-order valence-electron chi connectivity index (χ4n) is 5.98. The van der Waals surface area contributed by atoms with Crippen LogP contribution in [0.25, 0.3) is 0 Å². The predicted octanol–water partition coefficient (Wildman–Crippen LogP) is 3.79. The van der Waals surface area contributed by atoms with Crippen molar-refractivity contribution in [2.45, 2.75) is 75.0 Å². The van der Waals surface area contributed by atoms with E-state index in [4.69, 9.17) is 12.2 Å². The lowest BCUT2D eigenvalue weighted by molar-refractivity contribution is -0.130. The van der Waals surface area contributed by atoms with Crippen LogP contribution in [0.5, 0.6) is 0 Å². The lowest BCUT2D eigenvalue weighted by Crippen LogP contribution is -2.79. The summed E-state index contributed by atoms with van der Waals surface area (Å²) in [6.07, 6.45) is 14.4. The molecule has 2 bridgehead atoms. The SMILES string of the molecule is C#CC(=O)N1[C@@H](CCCC)Cc2cccnc2[C@@H]1c1ccc(NC23CC(N)(C2)C3)cc1. The average Bonchev–Trinajstić information content (AvgIpc) is 2.74.